The summed E-state index contributed by atoms with van der Waals surface area (Å²) in [5.74, 6) is 0. The van der Waals surface area contributed by atoms with Gasteiger partial charge < -0.3 is 0 Å². The molecule has 0 fully saturated rings. The zero-order valence-corrected chi connectivity index (χ0v) is 15.5. The molecule has 25 heavy (non-hydrogen) atoms. The molecule has 0 spiro atoms. The van der Waals surface area contributed by atoms with Crippen LogP contribution in [0.1, 0.15) is 11.1 Å². The third kappa shape index (κ3) is 6.60. The summed E-state index contributed by atoms with van der Waals surface area (Å²) in [5, 5.41) is 6.68. The van der Waals surface area contributed by atoms with Crippen LogP contribution in [0.25, 0.3) is 6.08 Å². The van der Waals surface area contributed by atoms with Crippen LogP contribution in [0.4, 0.5) is 0 Å². The van der Waals surface area contributed by atoms with E-state index in [1.54, 1.807) is 36.4 Å². The van der Waals surface area contributed by atoms with Crippen LogP contribution in [-0.4, -0.2) is 23.4 Å². The van der Waals surface area contributed by atoms with Gasteiger partial charge in [0.05, 0.1) is 4.90 Å². The molecule has 0 heterocycles. The average Bonchev–Trinajstić information content (AvgIpc) is 2.54. The molecule has 134 valence electrons. The molecule has 0 radical (unpaired) electrons. The van der Waals surface area contributed by atoms with Crippen molar-refractivity contribution >= 4 is 37.7 Å². The largest absolute Gasteiger partial charge is 0.238 e. The Labute approximate surface area is 152 Å². The van der Waals surface area contributed by atoms with Crippen molar-refractivity contribution in [1.29, 1.82) is 0 Å². The van der Waals surface area contributed by atoms with Crippen LogP contribution in [0.2, 0.25) is 5.02 Å². The number of primary sulfonamides is 1. The molecule has 0 aliphatic carbocycles. The number of hydrogen-bond donors (Lipinski definition) is 2. The number of halogens is 1. The van der Waals surface area contributed by atoms with Gasteiger partial charge in [-0.2, -0.15) is 0 Å². The molecule has 2 aromatic rings. The predicted molar refractivity (Wildman–Crippen MR) is 98.9 cm³/mol. The van der Waals surface area contributed by atoms with Gasteiger partial charge in [-0.3, -0.25) is 0 Å². The van der Waals surface area contributed by atoms with Gasteiger partial charge in [-0.1, -0.05) is 35.9 Å². The minimum Gasteiger partial charge on any atom is -0.225 e. The Hall–Kier alpha value is -1.71. The summed E-state index contributed by atoms with van der Waals surface area (Å²) in [6.45, 7) is 0.183. The summed E-state index contributed by atoms with van der Waals surface area (Å²) >= 11 is 5.77. The summed E-state index contributed by atoms with van der Waals surface area (Å²) in [6.07, 6.45) is 1.89. The fourth-order valence-corrected chi connectivity index (χ4v) is 3.43. The summed E-state index contributed by atoms with van der Waals surface area (Å²) in [5.41, 5.74) is 1.50. The summed E-state index contributed by atoms with van der Waals surface area (Å²) in [4.78, 5) is 0.0164. The first kappa shape index (κ1) is 19.6. The van der Waals surface area contributed by atoms with Crippen molar-refractivity contribution in [2.24, 2.45) is 5.14 Å². The van der Waals surface area contributed by atoms with Crippen LogP contribution in [0.15, 0.2) is 58.8 Å². The zero-order valence-electron chi connectivity index (χ0n) is 13.1. The molecule has 2 rings (SSSR count). The summed E-state index contributed by atoms with van der Waals surface area (Å²) < 4.78 is 48.6. The molecule has 0 saturated heterocycles. The van der Waals surface area contributed by atoms with E-state index in [4.69, 9.17) is 16.7 Å². The van der Waals surface area contributed by atoms with Crippen molar-refractivity contribution in [2.75, 3.05) is 6.54 Å². The maximum Gasteiger partial charge on any atom is 0.238 e. The van der Waals surface area contributed by atoms with Gasteiger partial charge >= 0.3 is 0 Å². The molecule has 0 aliphatic heterocycles. The van der Waals surface area contributed by atoms with Gasteiger partial charge in [0.1, 0.15) is 0 Å². The second-order valence-electron chi connectivity index (χ2n) is 5.23. The van der Waals surface area contributed by atoms with Crippen molar-refractivity contribution < 1.29 is 16.8 Å². The van der Waals surface area contributed by atoms with E-state index in [1.165, 1.54) is 18.2 Å². The Morgan fingerprint density at radius 3 is 2.12 bits per heavy atom. The molecular formula is C16H17ClN2O4S2. The quantitative estimate of drug-likeness (QED) is 0.742. The van der Waals surface area contributed by atoms with E-state index in [0.717, 1.165) is 11.0 Å². The van der Waals surface area contributed by atoms with E-state index >= 15 is 0 Å². The van der Waals surface area contributed by atoms with Crippen LogP contribution in [0.5, 0.6) is 0 Å². The molecule has 0 unspecified atom stereocenters. The maximum absolute atomic E-state index is 11.9. The molecular weight excluding hydrogens is 384 g/mol. The van der Waals surface area contributed by atoms with Crippen LogP contribution >= 0.6 is 11.6 Å². The Morgan fingerprint density at radius 1 is 0.960 bits per heavy atom. The number of sulfonamides is 2. The average molecular weight is 401 g/mol. The van der Waals surface area contributed by atoms with Gasteiger partial charge in [0.2, 0.25) is 20.0 Å². The fourth-order valence-electron chi connectivity index (χ4n) is 1.97. The first-order valence-corrected chi connectivity index (χ1v) is 10.7. The summed E-state index contributed by atoms with van der Waals surface area (Å²) in [6, 6.07) is 12.7. The third-order valence-corrected chi connectivity index (χ3v) is 5.56. The number of benzene rings is 2. The summed E-state index contributed by atoms with van der Waals surface area (Å²) in [7, 11) is -7.30. The predicted octanol–water partition coefficient (Wildman–Crippen LogP) is 2.12. The molecule has 9 heteroatoms. The molecule has 0 aromatic heterocycles. The lowest BCUT2D eigenvalue weighted by Gasteiger charge is -2.04. The van der Waals surface area contributed by atoms with E-state index in [2.05, 4.69) is 4.72 Å². The van der Waals surface area contributed by atoms with Gasteiger partial charge in [0.15, 0.2) is 0 Å². The van der Waals surface area contributed by atoms with E-state index in [-0.39, 0.29) is 11.4 Å². The second kappa shape index (κ2) is 8.11. The first-order chi connectivity index (χ1) is 11.7. The maximum atomic E-state index is 11.9. The molecule has 0 saturated carbocycles. The van der Waals surface area contributed by atoms with E-state index in [0.29, 0.717) is 17.0 Å². The van der Waals surface area contributed by atoms with Crippen LogP contribution in [-0.2, 0) is 26.5 Å². The van der Waals surface area contributed by atoms with E-state index in [1.807, 2.05) is 0 Å². The Morgan fingerprint density at radius 2 is 1.56 bits per heavy atom. The smallest absolute Gasteiger partial charge is 0.225 e. The molecule has 0 amide bonds. The number of nitrogens with two attached hydrogens (primary N) is 1. The number of nitrogens with one attached hydrogen (secondary N) is 1. The molecule has 3 N–H and O–H groups in total. The van der Waals surface area contributed by atoms with Crippen LogP contribution in [0, 0.1) is 0 Å². The van der Waals surface area contributed by atoms with Gasteiger partial charge in [-0.25, -0.2) is 26.7 Å². The van der Waals surface area contributed by atoms with Crippen molar-refractivity contribution in [1.82, 2.24) is 4.72 Å². The standard InChI is InChI=1S/C16H17ClN2O4S2/c17-15-5-1-14(2-6-15)10-12-24(20,21)19-11-9-13-3-7-16(8-4-13)25(18,22)23/h1-8,10,12,19H,9,11H2,(H2,18,22,23)/b12-10+. The minimum atomic E-state index is -3.73. The van der Waals surface area contributed by atoms with Gasteiger partial charge in [-0.05, 0) is 47.9 Å². The first-order valence-electron chi connectivity index (χ1n) is 7.21. The Balaban J connectivity index is 1.90. The monoisotopic (exact) mass is 400 g/mol. The third-order valence-electron chi connectivity index (χ3n) is 3.28. The molecule has 6 nitrogen and oxygen atoms in total. The SMILES string of the molecule is NS(=O)(=O)c1ccc(CCNS(=O)(=O)/C=C/c2ccc(Cl)cc2)cc1. The Bertz CT molecular complexity index is 952. The minimum absolute atomic E-state index is 0.0164. The normalized spacial score (nSPS) is 12.6. The van der Waals surface area contributed by atoms with Gasteiger partial charge in [0, 0.05) is 17.0 Å². The number of hydrogen-bond acceptors (Lipinski definition) is 4. The number of rotatable bonds is 7. The highest BCUT2D eigenvalue weighted by atomic mass is 35.5. The molecule has 2 aromatic carbocycles. The molecule has 0 atom stereocenters. The Kier molecular flexibility index (Phi) is 6.36. The van der Waals surface area contributed by atoms with Crippen molar-refractivity contribution in [2.45, 2.75) is 11.3 Å². The lowest BCUT2D eigenvalue weighted by atomic mass is 10.2. The lowest BCUT2D eigenvalue weighted by molar-refractivity contribution is 0.591. The fraction of sp³-hybridized carbons (Fsp3) is 0.125. The van der Waals surface area contributed by atoms with Gasteiger partial charge in [0.25, 0.3) is 0 Å². The lowest BCUT2D eigenvalue weighted by Crippen LogP contribution is -2.23. The van der Waals surface area contributed by atoms with E-state index in [9.17, 15) is 16.8 Å². The zero-order chi connectivity index (χ0) is 18.5. The highest BCUT2D eigenvalue weighted by molar-refractivity contribution is 7.92. The highest BCUT2D eigenvalue weighted by Gasteiger charge is 2.08. The van der Waals surface area contributed by atoms with Crippen molar-refractivity contribution in [3.63, 3.8) is 0 Å². The topological polar surface area (TPSA) is 106 Å². The van der Waals surface area contributed by atoms with Crippen LogP contribution in [0.3, 0.4) is 0 Å². The van der Waals surface area contributed by atoms with Gasteiger partial charge in [-0.15, -0.1) is 0 Å². The van der Waals surface area contributed by atoms with Crippen LogP contribution < -0.4 is 9.86 Å². The molecule has 0 bridgehead atoms. The second-order valence-corrected chi connectivity index (χ2v) is 8.88. The van der Waals surface area contributed by atoms with E-state index < -0.39 is 20.0 Å². The highest BCUT2D eigenvalue weighted by Crippen LogP contribution is 2.11. The van der Waals surface area contributed by atoms with Crippen molar-refractivity contribution in [3.05, 3.63) is 70.1 Å². The molecule has 0 aliphatic rings. The van der Waals surface area contributed by atoms with Crippen molar-refractivity contribution in [3.8, 4) is 0 Å².